The maximum Gasteiger partial charge on any atom is 0.290 e. The van der Waals surface area contributed by atoms with E-state index in [1.807, 2.05) is 6.07 Å². The summed E-state index contributed by atoms with van der Waals surface area (Å²) in [6.07, 6.45) is 5.21. The van der Waals surface area contributed by atoms with E-state index in [0.29, 0.717) is 16.5 Å². The SMILES string of the molecule is NCC1CCN(c2cc(/C=C3/SC(=O)NC3=O)ncn2)CC1. The van der Waals surface area contributed by atoms with Crippen molar-refractivity contribution in [2.75, 3.05) is 24.5 Å². The minimum atomic E-state index is -0.376. The highest BCUT2D eigenvalue weighted by atomic mass is 32.2. The number of hydrogen-bond acceptors (Lipinski definition) is 7. The monoisotopic (exact) mass is 319 g/mol. The highest BCUT2D eigenvalue weighted by molar-refractivity contribution is 8.18. The lowest BCUT2D eigenvalue weighted by atomic mass is 9.97. The van der Waals surface area contributed by atoms with Gasteiger partial charge in [0.15, 0.2) is 0 Å². The lowest BCUT2D eigenvalue weighted by Gasteiger charge is -2.32. The molecule has 3 N–H and O–H groups in total. The van der Waals surface area contributed by atoms with Gasteiger partial charge in [-0.3, -0.25) is 14.9 Å². The van der Waals surface area contributed by atoms with Crippen molar-refractivity contribution in [1.82, 2.24) is 15.3 Å². The van der Waals surface area contributed by atoms with Gasteiger partial charge in [-0.2, -0.15) is 0 Å². The largest absolute Gasteiger partial charge is 0.356 e. The molecule has 7 nitrogen and oxygen atoms in total. The van der Waals surface area contributed by atoms with Gasteiger partial charge in [-0.05, 0) is 43.1 Å². The van der Waals surface area contributed by atoms with Crippen molar-refractivity contribution < 1.29 is 9.59 Å². The van der Waals surface area contributed by atoms with Gasteiger partial charge in [0.1, 0.15) is 12.1 Å². The number of piperidine rings is 1. The number of nitrogens with one attached hydrogen (secondary N) is 1. The molecule has 0 saturated carbocycles. The molecule has 3 heterocycles. The van der Waals surface area contributed by atoms with Crippen LogP contribution in [0.3, 0.4) is 0 Å². The predicted octanol–water partition coefficient (Wildman–Crippen LogP) is 0.976. The molecule has 0 aliphatic carbocycles. The molecule has 2 aliphatic rings. The van der Waals surface area contributed by atoms with Crippen molar-refractivity contribution in [3.8, 4) is 0 Å². The number of rotatable bonds is 3. The molecule has 0 radical (unpaired) electrons. The first-order valence-electron chi connectivity index (χ1n) is 7.17. The summed E-state index contributed by atoms with van der Waals surface area (Å²) in [6.45, 7) is 2.57. The number of imide groups is 1. The predicted molar refractivity (Wildman–Crippen MR) is 85.1 cm³/mol. The van der Waals surface area contributed by atoms with E-state index in [1.54, 1.807) is 6.08 Å². The number of nitrogens with zero attached hydrogens (tertiary/aromatic N) is 3. The van der Waals surface area contributed by atoms with Crippen LogP contribution in [0.2, 0.25) is 0 Å². The molecule has 8 heteroatoms. The van der Waals surface area contributed by atoms with Gasteiger partial charge in [0, 0.05) is 19.2 Å². The number of amides is 2. The average molecular weight is 319 g/mol. The third-order valence-electron chi connectivity index (χ3n) is 3.87. The molecule has 2 saturated heterocycles. The first kappa shape index (κ1) is 15.0. The van der Waals surface area contributed by atoms with Gasteiger partial charge in [-0.1, -0.05) is 0 Å². The number of thioether (sulfide) groups is 1. The van der Waals surface area contributed by atoms with Crippen molar-refractivity contribution in [3.63, 3.8) is 0 Å². The molecule has 0 spiro atoms. The molecule has 116 valence electrons. The molecule has 3 rings (SSSR count). The van der Waals surface area contributed by atoms with Crippen LogP contribution in [0.25, 0.3) is 6.08 Å². The summed E-state index contributed by atoms with van der Waals surface area (Å²) >= 11 is 0.887. The second-order valence-electron chi connectivity index (χ2n) is 5.32. The summed E-state index contributed by atoms with van der Waals surface area (Å²) < 4.78 is 0. The van der Waals surface area contributed by atoms with Gasteiger partial charge in [0.05, 0.1) is 10.6 Å². The minimum absolute atomic E-state index is 0.352. The second-order valence-corrected chi connectivity index (χ2v) is 6.33. The number of anilines is 1. The van der Waals surface area contributed by atoms with Crippen LogP contribution < -0.4 is 16.0 Å². The topological polar surface area (TPSA) is 101 Å². The van der Waals surface area contributed by atoms with Crippen LogP contribution in [0.1, 0.15) is 18.5 Å². The summed E-state index contributed by atoms with van der Waals surface area (Å²) in [6, 6.07) is 1.84. The summed E-state index contributed by atoms with van der Waals surface area (Å²) in [7, 11) is 0. The molecule has 0 bridgehead atoms. The Morgan fingerprint density at radius 2 is 2.14 bits per heavy atom. The fraction of sp³-hybridized carbons (Fsp3) is 0.429. The zero-order valence-corrected chi connectivity index (χ0v) is 12.8. The molecule has 2 fully saturated rings. The Hall–Kier alpha value is -1.93. The third kappa shape index (κ3) is 3.28. The van der Waals surface area contributed by atoms with E-state index >= 15 is 0 Å². The maximum atomic E-state index is 11.6. The standard InChI is InChI=1S/C14H17N5O2S/c15-7-9-1-3-19(4-2-9)12-6-10(16-8-17-12)5-11-13(20)18-14(21)22-11/h5-6,8-9H,1-4,7,15H2,(H,18,20,21)/b11-5+. The summed E-state index contributed by atoms with van der Waals surface area (Å²) in [5.41, 5.74) is 6.33. The van der Waals surface area contributed by atoms with Gasteiger partial charge in [-0.15, -0.1) is 0 Å². The van der Waals surface area contributed by atoms with Crippen LogP contribution in [0.4, 0.5) is 10.6 Å². The van der Waals surface area contributed by atoms with Gasteiger partial charge in [0.25, 0.3) is 11.1 Å². The van der Waals surface area contributed by atoms with Crippen molar-refractivity contribution >= 4 is 34.8 Å². The van der Waals surface area contributed by atoms with E-state index < -0.39 is 0 Å². The fourth-order valence-electron chi connectivity index (χ4n) is 2.57. The lowest BCUT2D eigenvalue weighted by Crippen LogP contribution is -2.36. The quantitative estimate of drug-likeness (QED) is 0.801. The third-order valence-corrected chi connectivity index (χ3v) is 4.68. The Balaban J connectivity index is 1.75. The maximum absolute atomic E-state index is 11.6. The Morgan fingerprint density at radius 1 is 1.36 bits per heavy atom. The summed E-state index contributed by atoms with van der Waals surface area (Å²) in [5, 5.41) is 1.88. The van der Waals surface area contributed by atoms with E-state index in [0.717, 1.165) is 50.1 Å². The highest BCUT2D eigenvalue weighted by Gasteiger charge is 2.25. The van der Waals surface area contributed by atoms with Crippen LogP contribution in [-0.2, 0) is 4.79 Å². The van der Waals surface area contributed by atoms with Crippen LogP contribution >= 0.6 is 11.8 Å². The lowest BCUT2D eigenvalue weighted by molar-refractivity contribution is -0.115. The average Bonchev–Trinajstić information content (AvgIpc) is 2.85. The number of hydrogen-bond donors (Lipinski definition) is 2. The van der Waals surface area contributed by atoms with E-state index in [4.69, 9.17) is 5.73 Å². The first-order chi connectivity index (χ1) is 10.7. The molecular weight excluding hydrogens is 302 g/mol. The minimum Gasteiger partial charge on any atom is -0.356 e. The van der Waals surface area contributed by atoms with Crippen LogP contribution in [0.5, 0.6) is 0 Å². The Bertz CT molecular complexity index is 625. The molecule has 0 atom stereocenters. The molecular formula is C14H17N5O2S. The van der Waals surface area contributed by atoms with Crippen molar-refractivity contribution in [2.24, 2.45) is 11.7 Å². The van der Waals surface area contributed by atoms with E-state index in [1.165, 1.54) is 6.33 Å². The highest BCUT2D eigenvalue weighted by Crippen LogP contribution is 2.26. The molecule has 1 aromatic heterocycles. The zero-order chi connectivity index (χ0) is 15.5. The number of aromatic nitrogens is 2. The Labute approximate surface area is 132 Å². The van der Waals surface area contributed by atoms with Gasteiger partial charge < -0.3 is 10.6 Å². The number of carbonyl (C=O) groups is 2. The van der Waals surface area contributed by atoms with Gasteiger partial charge in [-0.25, -0.2) is 9.97 Å². The van der Waals surface area contributed by atoms with Crippen molar-refractivity contribution in [1.29, 1.82) is 0 Å². The van der Waals surface area contributed by atoms with E-state index in [-0.39, 0.29) is 11.1 Å². The summed E-state index contributed by atoms with van der Waals surface area (Å²) in [4.78, 5) is 33.7. The van der Waals surface area contributed by atoms with Crippen LogP contribution in [0.15, 0.2) is 17.3 Å². The van der Waals surface area contributed by atoms with Crippen LogP contribution in [-0.4, -0.2) is 40.7 Å². The van der Waals surface area contributed by atoms with Crippen LogP contribution in [0, 0.1) is 5.92 Å². The van der Waals surface area contributed by atoms with E-state index in [2.05, 4.69) is 20.2 Å². The molecule has 0 unspecified atom stereocenters. The van der Waals surface area contributed by atoms with Gasteiger partial charge >= 0.3 is 0 Å². The first-order valence-corrected chi connectivity index (χ1v) is 7.99. The molecule has 22 heavy (non-hydrogen) atoms. The zero-order valence-electron chi connectivity index (χ0n) is 12.0. The van der Waals surface area contributed by atoms with E-state index in [9.17, 15) is 9.59 Å². The number of nitrogens with two attached hydrogens (primary N) is 1. The summed E-state index contributed by atoms with van der Waals surface area (Å²) in [5.74, 6) is 1.05. The van der Waals surface area contributed by atoms with Crippen molar-refractivity contribution in [2.45, 2.75) is 12.8 Å². The molecule has 2 aliphatic heterocycles. The van der Waals surface area contributed by atoms with Crippen molar-refractivity contribution in [3.05, 3.63) is 23.0 Å². The molecule has 2 amide bonds. The Kier molecular flexibility index (Phi) is 4.39. The Morgan fingerprint density at radius 3 is 2.77 bits per heavy atom. The second kappa shape index (κ2) is 6.45. The fourth-order valence-corrected chi connectivity index (χ4v) is 3.23. The molecule has 1 aromatic rings. The smallest absolute Gasteiger partial charge is 0.290 e. The van der Waals surface area contributed by atoms with Gasteiger partial charge in [0.2, 0.25) is 0 Å². The molecule has 0 aromatic carbocycles. The number of carbonyl (C=O) groups excluding carboxylic acids is 2. The normalized spacial score (nSPS) is 21.5.